The van der Waals surface area contributed by atoms with Crippen LogP contribution < -0.4 is 15.8 Å². The normalized spacial score (nSPS) is 11.4. The number of amides is 1. The Balaban J connectivity index is 0.00000364. The number of methoxy groups -OCH3 is 1. The first-order chi connectivity index (χ1) is 12.5. The number of hydrogen-bond acceptors (Lipinski definition) is 4. The maximum Gasteiger partial charge on any atom is 0.241 e. The van der Waals surface area contributed by atoms with E-state index in [1.165, 1.54) is 0 Å². The largest absolute Gasteiger partial charge is 0.493 e. The zero-order valence-electron chi connectivity index (χ0n) is 16.2. The highest BCUT2D eigenvalue weighted by Gasteiger charge is 2.16. The highest BCUT2D eigenvalue weighted by atomic mass is 35.5. The van der Waals surface area contributed by atoms with Crippen LogP contribution in [0.25, 0.3) is 0 Å². The van der Waals surface area contributed by atoms with E-state index in [9.17, 15) is 4.79 Å². The van der Waals surface area contributed by atoms with Crippen LogP contribution in [0.3, 0.4) is 0 Å². The van der Waals surface area contributed by atoms with Crippen molar-refractivity contribution in [2.45, 2.75) is 32.9 Å². The van der Waals surface area contributed by atoms with E-state index < -0.39 is 6.04 Å². The Labute approximate surface area is 167 Å². The number of aryl methyl sites for hydroxylation is 2. The van der Waals surface area contributed by atoms with Gasteiger partial charge in [0, 0.05) is 32.2 Å². The minimum absolute atomic E-state index is 0. The summed E-state index contributed by atoms with van der Waals surface area (Å²) in [6, 6.07) is 12.9. The Morgan fingerprint density at radius 1 is 1.07 bits per heavy atom. The molecule has 0 saturated heterocycles. The van der Waals surface area contributed by atoms with E-state index in [-0.39, 0.29) is 18.3 Å². The van der Waals surface area contributed by atoms with Gasteiger partial charge in [-0.1, -0.05) is 42.0 Å². The van der Waals surface area contributed by atoms with Crippen LogP contribution in [0.15, 0.2) is 42.5 Å². The van der Waals surface area contributed by atoms with Crippen molar-refractivity contribution in [1.29, 1.82) is 0 Å². The zero-order chi connectivity index (χ0) is 18.9. The lowest BCUT2D eigenvalue weighted by Gasteiger charge is -2.16. The Morgan fingerprint density at radius 2 is 1.74 bits per heavy atom. The summed E-state index contributed by atoms with van der Waals surface area (Å²) in [4.78, 5) is 12.4. The van der Waals surface area contributed by atoms with Crippen LogP contribution in [-0.2, 0) is 16.1 Å². The third-order valence-corrected chi connectivity index (χ3v) is 4.15. The van der Waals surface area contributed by atoms with Crippen LogP contribution in [0.2, 0.25) is 0 Å². The molecule has 2 aromatic carbocycles. The second-order valence-corrected chi connectivity index (χ2v) is 6.41. The molecule has 1 amide bonds. The van der Waals surface area contributed by atoms with E-state index in [0.717, 1.165) is 34.4 Å². The second kappa shape index (κ2) is 11.6. The van der Waals surface area contributed by atoms with Gasteiger partial charge in [-0.3, -0.25) is 4.79 Å². The summed E-state index contributed by atoms with van der Waals surface area (Å²) in [7, 11) is 1.67. The number of benzene rings is 2. The van der Waals surface area contributed by atoms with Gasteiger partial charge in [-0.15, -0.1) is 12.4 Å². The summed E-state index contributed by atoms with van der Waals surface area (Å²) in [6.07, 6.45) is 0.814. The van der Waals surface area contributed by atoms with Crippen LogP contribution in [0.5, 0.6) is 5.75 Å². The molecular formula is C21H29ClN2O3. The molecule has 0 aliphatic carbocycles. The molecule has 2 aromatic rings. The molecule has 0 aromatic heterocycles. The molecule has 0 spiro atoms. The van der Waals surface area contributed by atoms with Crippen molar-refractivity contribution in [1.82, 2.24) is 5.32 Å². The van der Waals surface area contributed by atoms with Crippen LogP contribution in [0, 0.1) is 13.8 Å². The molecule has 5 nitrogen and oxygen atoms in total. The Hall–Kier alpha value is -2.08. The third-order valence-electron chi connectivity index (χ3n) is 4.15. The van der Waals surface area contributed by atoms with Gasteiger partial charge in [0.15, 0.2) is 0 Å². The molecule has 0 aliphatic heterocycles. The molecule has 0 fully saturated rings. The number of rotatable bonds is 9. The SMILES string of the molecule is COCCCOc1cc(C)ccc1CNC(=O)C(N)c1ccc(C)cc1.Cl. The molecule has 1 atom stereocenters. The fourth-order valence-electron chi connectivity index (χ4n) is 2.55. The first kappa shape index (κ1) is 23.0. The van der Waals surface area contributed by atoms with E-state index in [1.54, 1.807) is 7.11 Å². The van der Waals surface area contributed by atoms with Crippen LogP contribution >= 0.6 is 12.4 Å². The monoisotopic (exact) mass is 392 g/mol. The van der Waals surface area contributed by atoms with E-state index >= 15 is 0 Å². The molecule has 0 heterocycles. The number of nitrogens with one attached hydrogen (secondary N) is 1. The third kappa shape index (κ3) is 7.21. The lowest BCUT2D eigenvalue weighted by molar-refractivity contribution is -0.122. The summed E-state index contributed by atoms with van der Waals surface area (Å²) in [5.41, 5.74) is 10.0. The van der Waals surface area contributed by atoms with Gasteiger partial charge in [0.2, 0.25) is 5.91 Å². The van der Waals surface area contributed by atoms with E-state index in [1.807, 2.05) is 56.3 Å². The number of carbonyl (C=O) groups is 1. The summed E-state index contributed by atoms with van der Waals surface area (Å²) < 4.78 is 10.9. The molecular weight excluding hydrogens is 364 g/mol. The van der Waals surface area contributed by atoms with E-state index in [2.05, 4.69) is 5.32 Å². The van der Waals surface area contributed by atoms with Gasteiger partial charge in [0.05, 0.1) is 6.61 Å². The quantitative estimate of drug-likeness (QED) is 0.641. The minimum Gasteiger partial charge on any atom is -0.493 e. The Bertz CT molecular complexity index is 720. The van der Waals surface area contributed by atoms with E-state index in [0.29, 0.717) is 19.8 Å². The Kier molecular flexibility index (Phi) is 9.86. The Morgan fingerprint density at radius 3 is 2.41 bits per heavy atom. The van der Waals surface area contributed by atoms with Crippen molar-refractivity contribution in [2.24, 2.45) is 5.73 Å². The smallest absolute Gasteiger partial charge is 0.241 e. The molecule has 3 N–H and O–H groups in total. The summed E-state index contributed by atoms with van der Waals surface area (Å²) >= 11 is 0. The molecule has 6 heteroatoms. The highest BCUT2D eigenvalue weighted by molar-refractivity contribution is 5.85. The van der Waals surface area contributed by atoms with Crippen LogP contribution in [-0.4, -0.2) is 26.2 Å². The van der Waals surface area contributed by atoms with Gasteiger partial charge < -0.3 is 20.5 Å². The van der Waals surface area contributed by atoms with Gasteiger partial charge in [-0.25, -0.2) is 0 Å². The van der Waals surface area contributed by atoms with Crippen molar-refractivity contribution >= 4 is 18.3 Å². The molecule has 0 aliphatic rings. The predicted molar refractivity (Wildman–Crippen MR) is 110 cm³/mol. The number of nitrogens with two attached hydrogens (primary N) is 1. The standard InChI is InChI=1S/C21H28N2O3.ClH/c1-15-5-8-17(9-6-15)20(22)21(24)23-14-18-10-7-16(2)13-19(18)26-12-4-11-25-3;/h5-10,13,20H,4,11-12,14,22H2,1-3H3,(H,23,24);1H. The van der Waals surface area contributed by atoms with Crippen molar-refractivity contribution < 1.29 is 14.3 Å². The summed E-state index contributed by atoms with van der Waals surface area (Å²) in [6.45, 7) is 5.61. The van der Waals surface area contributed by atoms with Gasteiger partial charge in [-0.2, -0.15) is 0 Å². The van der Waals surface area contributed by atoms with Gasteiger partial charge in [0.1, 0.15) is 11.8 Å². The average molecular weight is 393 g/mol. The van der Waals surface area contributed by atoms with Crippen molar-refractivity contribution in [3.63, 3.8) is 0 Å². The fourth-order valence-corrected chi connectivity index (χ4v) is 2.55. The number of halogens is 1. The molecule has 1 unspecified atom stereocenters. The van der Waals surface area contributed by atoms with Gasteiger partial charge in [-0.05, 0) is 31.0 Å². The molecule has 0 bridgehead atoms. The van der Waals surface area contributed by atoms with E-state index in [4.69, 9.17) is 15.2 Å². The van der Waals surface area contributed by atoms with Crippen molar-refractivity contribution in [3.8, 4) is 5.75 Å². The average Bonchev–Trinajstić information content (AvgIpc) is 2.64. The zero-order valence-corrected chi connectivity index (χ0v) is 17.0. The molecule has 0 radical (unpaired) electrons. The van der Waals surface area contributed by atoms with Crippen LogP contribution in [0.1, 0.15) is 34.7 Å². The van der Waals surface area contributed by atoms with Gasteiger partial charge in [0.25, 0.3) is 0 Å². The molecule has 0 saturated carbocycles. The minimum atomic E-state index is -0.688. The van der Waals surface area contributed by atoms with Crippen molar-refractivity contribution in [2.75, 3.05) is 20.3 Å². The summed E-state index contributed by atoms with van der Waals surface area (Å²) in [5, 5.41) is 2.90. The first-order valence-corrected chi connectivity index (χ1v) is 8.82. The predicted octanol–water partition coefficient (Wildman–Crippen LogP) is 3.46. The first-order valence-electron chi connectivity index (χ1n) is 8.82. The lowest BCUT2D eigenvalue weighted by atomic mass is 10.1. The van der Waals surface area contributed by atoms with Crippen molar-refractivity contribution in [3.05, 3.63) is 64.7 Å². The number of hydrogen-bond donors (Lipinski definition) is 2. The molecule has 27 heavy (non-hydrogen) atoms. The highest BCUT2D eigenvalue weighted by Crippen LogP contribution is 2.21. The maximum atomic E-state index is 12.4. The maximum absolute atomic E-state index is 12.4. The van der Waals surface area contributed by atoms with Gasteiger partial charge >= 0.3 is 0 Å². The second-order valence-electron chi connectivity index (χ2n) is 6.41. The molecule has 2 rings (SSSR count). The van der Waals surface area contributed by atoms with Crippen LogP contribution in [0.4, 0.5) is 0 Å². The fraction of sp³-hybridized carbons (Fsp3) is 0.381. The summed E-state index contributed by atoms with van der Waals surface area (Å²) in [5.74, 6) is 0.574. The number of ether oxygens (including phenoxy) is 2. The molecule has 148 valence electrons. The lowest BCUT2D eigenvalue weighted by Crippen LogP contribution is -2.33. The topological polar surface area (TPSA) is 73.6 Å². The number of carbonyl (C=O) groups excluding carboxylic acids is 1.